The molecule has 0 radical (unpaired) electrons. The fourth-order valence-electron chi connectivity index (χ4n) is 1.73. The molecule has 0 amide bonds. The topological polar surface area (TPSA) is 43.4 Å². The highest BCUT2D eigenvalue weighted by Crippen LogP contribution is 2.21. The van der Waals surface area contributed by atoms with Gasteiger partial charge in [-0.3, -0.25) is 9.59 Å². The largest absolute Gasteiger partial charge is 0.451 e. The predicted octanol–water partition coefficient (Wildman–Crippen LogP) is 2.78. The highest BCUT2D eigenvalue weighted by Gasteiger charge is 2.22. The van der Waals surface area contributed by atoms with Crippen LogP contribution < -0.4 is 0 Å². The Hall–Kier alpha value is -2.42. The summed E-state index contributed by atoms with van der Waals surface area (Å²) in [6, 6.07) is 17.7. The number of benzene rings is 2. The number of carbonyl (C=O) groups is 2. The van der Waals surface area contributed by atoms with Gasteiger partial charge in [-0.1, -0.05) is 60.7 Å². The zero-order chi connectivity index (χ0) is 12.8. The lowest BCUT2D eigenvalue weighted by molar-refractivity contribution is -0.132. The van der Waals surface area contributed by atoms with Gasteiger partial charge in [0, 0.05) is 11.1 Å². The normalized spacial score (nSPS) is 11.6. The van der Waals surface area contributed by atoms with E-state index in [0.29, 0.717) is 17.6 Å². The third-order valence-corrected chi connectivity index (χ3v) is 2.59. The van der Waals surface area contributed by atoms with Crippen LogP contribution in [0.2, 0.25) is 0 Å². The second kappa shape index (κ2) is 5.77. The first-order valence-electron chi connectivity index (χ1n) is 5.56. The number of Topliss-reactive ketones (excluding diaryl/α,β-unsaturated/α-hetero) is 1. The van der Waals surface area contributed by atoms with Crippen molar-refractivity contribution in [3.05, 3.63) is 71.8 Å². The zero-order valence-electron chi connectivity index (χ0n) is 9.65. The van der Waals surface area contributed by atoms with E-state index in [1.807, 2.05) is 12.1 Å². The molecule has 0 unspecified atom stereocenters. The van der Waals surface area contributed by atoms with E-state index in [1.165, 1.54) is 0 Å². The van der Waals surface area contributed by atoms with Crippen molar-refractivity contribution >= 4 is 12.3 Å². The number of hydrogen-bond donors (Lipinski definition) is 0. The average molecular weight is 240 g/mol. The van der Waals surface area contributed by atoms with Crippen LogP contribution in [0.1, 0.15) is 22.0 Å². The monoisotopic (exact) mass is 240 g/mol. The van der Waals surface area contributed by atoms with Crippen LogP contribution in [-0.2, 0) is 9.53 Å². The van der Waals surface area contributed by atoms with Crippen molar-refractivity contribution in [2.45, 2.75) is 6.10 Å². The minimum Gasteiger partial charge on any atom is -0.451 e. The van der Waals surface area contributed by atoms with Gasteiger partial charge in [-0.25, -0.2) is 0 Å². The molecular formula is C15H12O3. The molecule has 2 aromatic rings. The quantitative estimate of drug-likeness (QED) is 0.596. The third kappa shape index (κ3) is 2.63. The van der Waals surface area contributed by atoms with Gasteiger partial charge in [0.1, 0.15) is 0 Å². The molecule has 0 aliphatic heterocycles. The second-order valence-electron chi connectivity index (χ2n) is 3.75. The van der Waals surface area contributed by atoms with Crippen molar-refractivity contribution in [2.24, 2.45) is 0 Å². The summed E-state index contributed by atoms with van der Waals surface area (Å²) in [4.78, 5) is 22.8. The molecule has 18 heavy (non-hydrogen) atoms. The molecule has 0 aromatic heterocycles. The summed E-state index contributed by atoms with van der Waals surface area (Å²) in [7, 11) is 0. The highest BCUT2D eigenvalue weighted by molar-refractivity contribution is 6.00. The van der Waals surface area contributed by atoms with Gasteiger partial charge < -0.3 is 4.74 Å². The molecule has 0 aliphatic carbocycles. The van der Waals surface area contributed by atoms with Crippen LogP contribution in [0.5, 0.6) is 0 Å². The molecule has 0 spiro atoms. The highest BCUT2D eigenvalue weighted by atomic mass is 16.5. The van der Waals surface area contributed by atoms with Crippen molar-refractivity contribution < 1.29 is 14.3 Å². The molecule has 1 atom stereocenters. The fraction of sp³-hybridized carbons (Fsp3) is 0.0667. The first kappa shape index (κ1) is 12.0. The summed E-state index contributed by atoms with van der Waals surface area (Å²) in [5, 5.41) is 0. The minimum atomic E-state index is -0.883. The SMILES string of the molecule is O=CO[C@H](C(=O)c1ccccc1)c1ccccc1. The molecule has 0 bridgehead atoms. The molecule has 0 saturated carbocycles. The standard InChI is InChI=1S/C15H12O3/c16-11-18-15(13-9-5-2-6-10-13)14(17)12-7-3-1-4-8-12/h1-11,15H/t15-/m0/s1. The van der Waals surface area contributed by atoms with Crippen LogP contribution in [0.25, 0.3) is 0 Å². The number of hydrogen-bond acceptors (Lipinski definition) is 3. The molecule has 2 aromatic carbocycles. The van der Waals surface area contributed by atoms with E-state index < -0.39 is 6.10 Å². The number of ketones is 1. The smallest absolute Gasteiger partial charge is 0.294 e. The Bertz CT molecular complexity index is 520. The Morgan fingerprint density at radius 2 is 1.50 bits per heavy atom. The lowest BCUT2D eigenvalue weighted by atomic mass is 10.00. The second-order valence-corrected chi connectivity index (χ2v) is 3.75. The molecule has 0 heterocycles. The van der Waals surface area contributed by atoms with Crippen molar-refractivity contribution in [1.82, 2.24) is 0 Å². The molecular weight excluding hydrogens is 228 g/mol. The maximum atomic E-state index is 12.3. The van der Waals surface area contributed by atoms with Crippen LogP contribution in [0.3, 0.4) is 0 Å². The van der Waals surface area contributed by atoms with E-state index in [9.17, 15) is 9.59 Å². The van der Waals surface area contributed by atoms with Crippen LogP contribution in [-0.4, -0.2) is 12.3 Å². The summed E-state index contributed by atoms with van der Waals surface area (Å²) >= 11 is 0. The van der Waals surface area contributed by atoms with Gasteiger partial charge >= 0.3 is 0 Å². The van der Waals surface area contributed by atoms with E-state index in [0.717, 1.165) is 0 Å². The van der Waals surface area contributed by atoms with Crippen molar-refractivity contribution in [2.75, 3.05) is 0 Å². The van der Waals surface area contributed by atoms with Gasteiger partial charge in [0.2, 0.25) is 5.78 Å². The van der Waals surface area contributed by atoms with E-state index in [-0.39, 0.29) is 5.78 Å². The molecule has 0 fully saturated rings. The van der Waals surface area contributed by atoms with Crippen LogP contribution in [0, 0.1) is 0 Å². The average Bonchev–Trinajstić information content (AvgIpc) is 2.46. The van der Waals surface area contributed by atoms with E-state index in [1.54, 1.807) is 48.5 Å². The van der Waals surface area contributed by atoms with E-state index in [4.69, 9.17) is 4.74 Å². The van der Waals surface area contributed by atoms with Gasteiger partial charge in [-0.15, -0.1) is 0 Å². The van der Waals surface area contributed by atoms with Gasteiger partial charge in [-0.2, -0.15) is 0 Å². The third-order valence-electron chi connectivity index (χ3n) is 2.59. The molecule has 0 N–H and O–H groups in total. The Labute approximate surface area is 105 Å². The van der Waals surface area contributed by atoms with Gasteiger partial charge in [0.15, 0.2) is 6.10 Å². The zero-order valence-corrected chi connectivity index (χ0v) is 9.65. The van der Waals surface area contributed by atoms with Gasteiger partial charge in [-0.05, 0) is 0 Å². The molecule has 0 aliphatic rings. The van der Waals surface area contributed by atoms with Crippen LogP contribution in [0.4, 0.5) is 0 Å². The summed E-state index contributed by atoms with van der Waals surface area (Å²) in [5.41, 5.74) is 1.19. The number of carbonyl (C=O) groups excluding carboxylic acids is 2. The van der Waals surface area contributed by atoms with Crippen LogP contribution >= 0.6 is 0 Å². The maximum absolute atomic E-state index is 12.3. The lowest BCUT2D eigenvalue weighted by Crippen LogP contribution is -2.15. The number of ether oxygens (including phenoxy) is 1. The van der Waals surface area contributed by atoms with Gasteiger partial charge in [0.25, 0.3) is 6.47 Å². The summed E-state index contributed by atoms with van der Waals surface area (Å²) in [5.74, 6) is -0.228. The van der Waals surface area contributed by atoms with Crippen LogP contribution in [0.15, 0.2) is 60.7 Å². The van der Waals surface area contributed by atoms with E-state index in [2.05, 4.69) is 0 Å². The minimum absolute atomic E-state index is 0.228. The molecule has 3 heteroatoms. The van der Waals surface area contributed by atoms with E-state index >= 15 is 0 Å². The van der Waals surface area contributed by atoms with Crippen molar-refractivity contribution in [1.29, 1.82) is 0 Å². The Kier molecular flexibility index (Phi) is 3.86. The summed E-state index contributed by atoms with van der Waals surface area (Å²) in [6.45, 7) is 0.304. The number of rotatable bonds is 5. The molecule has 2 rings (SSSR count). The fourth-order valence-corrected chi connectivity index (χ4v) is 1.73. The first-order valence-corrected chi connectivity index (χ1v) is 5.56. The summed E-state index contributed by atoms with van der Waals surface area (Å²) < 4.78 is 4.91. The predicted molar refractivity (Wildman–Crippen MR) is 67.1 cm³/mol. The maximum Gasteiger partial charge on any atom is 0.294 e. The summed E-state index contributed by atoms with van der Waals surface area (Å²) in [6.07, 6.45) is -0.883. The molecule has 90 valence electrons. The first-order chi connectivity index (χ1) is 8.83. The lowest BCUT2D eigenvalue weighted by Gasteiger charge is -2.14. The Balaban J connectivity index is 2.32. The Morgan fingerprint density at radius 1 is 0.944 bits per heavy atom. The Morgan fingerprint density at radius 3 is 2.06 bits per heavy atom. The van der Waals surface area contributed by atoms with Gasteiger partial charge in [0.05, 0.1) is 0 Å². The van der Waals surface area contributed by atoms with Crippen molar-refractivity contribution in [3.8, 4) is 0 Å². The molecule has 0 saturated heterocycles. The molecule has 3 nitrogen and oxygen atoms in total. The van der Waals surface area contributed by atoms with Crippen molar-refractivity contribution in [3.63, 3.8) is 0 Å².